The number of benzene rings is 3. The summed E-state index contributed by atoms with van der Waals surface area (Å²) >= 11 is 0. The van der Waals surface area contributed by atoms with Crippen LogP contribution >= 0.6 is 0 Å². The van der Waals surface area contributed by atoms with Gasteiger partial charge in [-0.3, -0.25) is 0 Å². The van der Waals surface area contributed by atoms with Crippen LogP contribution in [-0.2, 0) is 9.53 Å². The van der Waals surface area contributed by atoms with Gasteiger partial charge in [-0.25, -0.2) is 14.6 Å². The van der Waals surface area contributed by atoms with Crippen LogP contribution in [0.25, 0.3) is 6.08 Å². The average molecular weight is 383 g/mol. The number of ether oxygens (including phenoxy) is 2. The van der Waals surface area contributed by atoms with Gasteiger partial charge in [0.25, 0.3) is 0 Å². The summed E-state index contributed by atoms with van der Waals surface area (Å²) in [7, 11) is 0. The van der Waals surface area contributed by atoms with Gasteiger partial charge in [0.15, 0.2) is 5.70 Å². The summed E-state index contributed by atoms with van der Waals surface area (Å²) in [5.41, 5.74) is 2.90. The molecular formula is C24H17NO4. The third-order valence-electron chi connectivity index (χ3n) is 4.31. The molecule has 29 heavy (non-hydrogen) atoms. The highest BCUT2D eigenvalue weighted by Gasteiger charge is 2.24. The molecule has 0 N–H and O–H groups in total. The molecule has 1 heterocycles. The predicted octanol–water partition coefficient (Wildman–Crippen LogP) is 4.56. The van der Waals surface area contributed by atoms with Crippen LogP contribution in [0.4, 0.5) is 0 Å². The molecule has 0 saturated heterocycles. The molecule has 3 aromatic rings. The van der Waals surface area contributed by atoms with Crippen LogP contribution in [0.5, 0.6) is 5.75 Å². The second-order valence-electron chi connectivity index (χ2n) is 6.50. The number of nitrogens with zero attached hydrogens (tertiary/aromatic N) is 1. The van der Waals surface area contributed by atoms with Gasteiger partial charge in [0, 0.05) is 11.1 Å². The maximum absolute atomic E-state index is 12.4. The van der Waals surface area contributed by atoms with Crippen molar-refractivity contribution in [1.82, 2.24) is 0 Å². The minimum Gasteiger partial charge on any atom is -0.422 e. The summed E-state index contributed by atoms with van der Waals surface area (Å²) in [5, 5.41) is 0. The molecule has 0 bridgehead atoms. The Bertz CT molecular complexity index is 1150. The molecule has 1 aliphatic rings. The third-order valence-corrected chi connectivity index (χ3v) is 4.31. The summed E-state index contributed by atoms with van der Waals surface area (Å²) < 4.78 is 10.8. The second-order valence-corrected chi connectivity index (χ2v) is 6.50. The predicted molar refractivity (Wildman–Crippen MR) is 110 cm³/mol. The number of carbonyl (C=O) groups is 2. The van der Waals surface area contributed by atoms with Gasteiger partial charge in [0.05, 0.1) is 5.56 Å². The van der Waals surface area contributed by atoms with E-state index < -0.39 is 11.9 Å². The zero-order valence-electron chi connectivity index (χ0n) is 15.7. The number of carbonyl (C=O) groups excluding carboxylic acids is 2. The smallest absolute Gasteiger partial charge is 0.363 e. The summed E-state index contributed by atoms with van der Waals surface area (Å²) in [5.74, 6) is -0.440. The Kier molecular flexibility index (Phi) is 5.03. The number of esters is 2. The van der Waals surface area contributed by atoms with E-state index in [9.17, 15) is 9.59 Å². The van der Waals surface area contributed by atoms with Crippen molar-refractivity contribution in [2.75, 3.05) is 0 Å². The molecule has 3 aromatic carbocycles. The minimum atomic E-state index is -0.550. The monoisotopic (exact) mass is 383 g/mol. The fourth-order valence-electron chi connectivity index (χ4n) is 2.88. The number of cyclic esters (lactones) is 1. The highest BCUT2D eigenvalue weighted by atomic mass is 16.6. The van der Waals surface area contributed by atoms with Crippen LogP contribution in [0.1, 0.15) is 27.0 Å². The zero-order chi connectivity index (χ0) is 20.2. The van der Waals surface area contributed by atoms with Crippen molar-refractivity contribution in [3.05, 3.63) is 107 Å². The molecule has 0 spiro atoms. The first-order chi connectivity index (χ1) is 14.1. The van der Waals surface area contributed by atoms with E-state index >= 15 is 0 Å². The van der Waals surface area contributed by atoms with Gasteiger partial charge in [0.2, 0.25) is 5.90 Å². The van der Waals surface area contributed by atoms with Crippen molar-refractivity contribution < 1.29 is 19.1 Å². The number of hydrogen-bond donors (Lipinski definition) is 0. The van der Waals surface area contributed by atoms with Crippen LogP contribution in [0.15, 0.2) is 89.6 Å². The van der Waals surface area contributed by atoms with E-state index in [1.54, 1.807) is 54.6 Å². The molecule has 0 aliphatic carbocycles. The lowest BCUT2D eigenvalue weighted by atomic mass is 10.1. The standard InChI is InChI=1S/C24H17NO4/c1-16-8-7-12-19(14-16)22-25-20(24(27)29-22)15-18-11-5-6-13-21(18)28-23(26)17-9-3-2-4-10-17/h2-15H,1H3. The average Bonchev–Trinajstić information content (AvgIpc) is 3.10. The molecule has 0 radical (unpaired) electrons. The SMILES string of the molecule is Cc1cccc(C2=NC(=Cc3ccccc3OC(=O)c3ccccc3)C(=O)O2)c1. The molecule has 0 atom stereocenters. The summed E-state index contributed by atoms with van der Waals surface area (Å²) in [4.78, 5) is 29.0. The first-order valence-corrected chi connectivity index (χ1v) is 9.06. The van der Waals surface area contributed by atoms with E-state index in [0.29, 0.717) is 16.9 Å². The van der Waals surface area contributed by atoms with Gasteiger partial charge in [-0.2, -0.15) is 0 Å². The van der Waals surface area contributed by atoms with E-state index in [2.05, 4.69) is 4.99 Å². The fourth-order valence-corrected chi connectivity index (χ4v) is 2.88. The number of rotatable bonds is 4. The van der Waals surface area contributed by atoms with Crippen LogP contribution in [0, 0.1) is 6.92 Å². The van der Waals surface area contributed by atoms with E-state index in [4.69, 9.17) is 9.47 Å². The molecule has 0 unspecified atom stereocenters. The second kappa shape index (κ2) is 7.94. The molecule has 1 aliphatic heterocycles. The Morgan fingerprint density at radius 3 is 2.52 bits per heavy atom. The Morgan fingerprint density at radius 1 is 0.966 bits per heavy atom. The van der Waals surface area contributed by atoms with E-state index in [1.807, 2.05) is 37.3 Å². The lowest BCUT2D eigenvalue weighted by Crippen LogP contribution is -2.09. The summed E-state index contributed by atoms with van der Waals surface area (Å²) in [6.07, 6.45) is 1.55. The van der Waals surface area contributed by atoms with Crippen LogP contribution in [0.3, 0.4) is 0 Å². The molecule has 4 rings (SSSR count). The molecule has 5 heteroatoms. The van der Waals surface area contributed by atoms with Crippen molar-refractivity contribution in [3.63, 3.8) is 0 Å². The third kappa shape index (κ3) is 4.14. The van der Waals surface area contributed by atoms with Crippen molar-refractivity contribution in [2.24, 2.45) is 4.99 Å². The number of aliphatic imine (C=N–C) groups is 1. The number of aryl methyl sites for hydroxylation is 1. The maximum Gasteiger partial charge on any atom is 0.363 e. The van der Waals surface area contributed by atoms with Crippen LogP contribution < -0.4 is 4.74 Å². The topological polar surface area (TPSA) is 65.0 Å². The first kappa shape index (κ1) is 18.4. The summed E-state index contributed by atoms with van der Waals surface area (Å²) in [6.45, 7) is 1.95. The lowest BCUT2D eigenvalue weighted by Gasteiger charge is -2.07. The lowest BCUT2D eigenvalue weighted by molar-refractivity contribution is -0.129. The Morgan fingerprint density at radius 2 is 1.72 bits per heavy atom. The maximum atomic E-state index is 12.4. The van der Waals surface area contributed by atoms with E-state index in [-0.39, 0.29) is 11.6 Å². The molecule has 0 amide bonds. The molecule has 5 nitrogen and oxygen atoms in total. The normalized spacial score (nSPS) is 14.4. The number of para-hydroxylation sites is 1. The van der Waals surface area contributed by atoms with E-state index in [1.165, 1.54) is 0 Å². The fraction of sp³-hybridized carbons (Fsp3) is 0.0417. The van der Waals surface area contributed by atoms with Crippen LogP contribution in [0.2, 0.25) is 0 Å². The quantitative estimate of drug-likeness (QED) is 0.376. The van der Waals surface area contributed by atoms with Gasteiger partial charge in [0.1, 0.15) is 5.75 Å². The molecule has 0 saturated carbocycles. The van der Waals surface area contributed by atoms with Crippen molar-refractivity contribution in [1.29, 1.82) is 0 Å². The van der Waals surface area contributed by atoms with Gasteiger partial charge >= 0.3 is 11.9 Å². The molecule has 0 aromatic heterocycles. The Labute approximate surface area is 167 Å². The van der Waals surface area contributed by atoms with Crippen LogP contribution in [-0.4, -0.2) is 17.8 Å². The molecule has 142 valence electrons. The largest absolute Gasteiger partial charge is 0.422 e. The highest BCUT2D eigenvalue weighted by molar-refractivity contribution is 6.13. The molecular weight excluding hydrogens is 366 g/mol. The van der Waals surface area contributed by atoms with Gasteiger partial charge in [-0.1, -0.05) is 54.1 Å². The first-order valence-electron chi connectivity index (χ1n) is 9.06. The minimum absolute atomic E-state index is 0.143. The van der Waals surface area contributed by atoms with E-state index in [0.717, 1.165) is 11.1 Å². The zero-order valence-corrected chi connectivity index (χ0v) is 15.7. The number of hydrogen-bond acceptors (Lipinski definition) is 5. The summed E-state index contributed by atoms with van der Waals surface area (Å²) in [6, 6.07) is 23.2. The van der Waals surface area contributed by atoms with Gasteiger partial charge < -0.3 is 9.47 Å². The van der Waals surface area contributed by atoms with Crippen molar-refractivity contribution >= 4 is 23.9 Å². The van der Waals surface area contributed by atoms with Crippen molar-refractivity contribution in [2.45, 2.75) is 6.92 Å². The van der Waals surface area contributed by atoms with Gasteiger partial charge in [-0.15, -0.1) is 0 Å². The van der Waals surface area contributed by atoms with Crippen molar-refractivity contribution in [3.8, 4) is 5.75 Å². The highest BCUT2D eigenvalue weighted by Crippen LogP contribution is 2.25. The Balaban J connectivity index is 1.63. The Hall–Kier alpha value is -3.99. The molecule has 0 fully saturated rings. The van der Waals surface area contributed by atoms with Gasteiger partial charge in [-0.05, 0) is 43.3 Å².